The first-order chi connectivity index (χ1) is 8.04. The predicted octanol–water partition coefficient (Wildman–Crippen LogP) is 1.25. The largest absolute Gasteiger partial charge is 0.442 e. The number of nitrogens with two attached hydrogens (primary N) is 1. The van der Waals surface area contributed by atoms with Crippen molar-refractivity contribution in [3.8, 4) is 6.07 Å². The van der Waals surface area contributed by atoms with Gasteiger partial charge in [0.2, 0.25) is 0 Å². The quantitative estimate of drug-likeness (QED) is 0.794. The summed E-state index contributed by atoms with van der Waals surface area (Å²) in [6, 6.07) is 1.90. The van der Waals surface area contributed by atoms with Gasteiger partial charge in [0.25, 0.3) is 0 Å². The highest BCUT2D eigenvalue weighted by molar-refractivity contribution is 5.94. The summed E-state index contributed by atoms with van der Waals surface area (Å²) in [7, 11) is 0. The number of aryl methyl sites for hydroxylation is 2. The molecule has 1 unspecified atom stereocenters. The van der Waals surface area contributed by atoms with Gasteiger partial charge in [-0.25, -0.2) is 4.79 Å². The lowest BCUT2D eigenvalue weighted by Gasteiger charge is -2.09. The van der Waals surface area contributed by atoms with Crippen LogP contribution >= 0.6 is 0 Å². The fraction of sp³-hybridized carbons (Fsp3) is 0.545. The topological polar surface area (TPSA) is 93.9 Å². The fourth-order valence-corrected chi connectivity index (χ4v) is 1.43. The van der Waals surface area contributed by atoms with Crippen molar-refractivity contribution in [3.05, 3.63) is 11.4 Å². The fourth-order valence-electron chi connectivity index (χ4n) is 1.43. The summed E-state index contributed by atoms with van der Waals surface area (Å²) in [6.07, 6.45) is -0.302. The van der Waals surface area contributed by atoms with Crippen LogP contribution in [0.15, 0.2) is 0 Å². The molecule has 1 aromatic heterocycles. The minimum atomic E-state index is -0.748. The molecule has 1 atom stereocenters. The number of rotatable bonds is 4. The minimum absolute atomic E-state index is 0.221. The zero-order chi connectivity index (χ0) is 13.0. The SMILES string of the molecule is CCC(C#N)OC(=O)c1c(N)c(C)nn1CC. The molecule has 1 aromatic rings. The smallest absolute Gasteiger partial charge is 0.360 e. The van der Waals surface area contributed by atoms with Gasteiger partial charge in [0.1, 0.15) is 6.07 Å². The van der Waals surface area contributed by atoms with Crippen molar-refractivity contribution in [1.82, 2.24) is 9.78 Å². The average Bonchev–Trinajstić information content (AvgIpc) is 2.62. The third-order valence-electron chi connectivity index (χ3n) is 2.43. The molecule has 0 aliphatic carbocycles. The van der Waals surface area contributed by atoms with Crippen molar-refractivity contribution in [2.75, 3.05) is 5.73 Å². The molecule has 0 fully saturated rings. The molecular weight excluding hydrogens is 220 g/mol. The number of nitrogen functional groups attached to an aromatic ring is 1. The molecule has 92 valence electrons. The second kappa shape index (κ2) is 5.34. The molecule has 1 heterocycles. The highest BCUT2D eigenvalue weighted by atomic mass is 16.5. The average molecular weight is 236 g/mol. The summed E-state index contributed by atoms with van der Waals surface area (Å²) < 4.78 is 6.51. The van der Waals surface area contributed by atoms with Gasteiger partial charge in [-0.2, -0.15) is 10.4 Å². The molecule has 0 aliphatic heterocycles. The standard InChI is InChI=1S/C11H16N4O2/c1-4-8(6-12)17-11(16)10-9(13)7(3)14-15(10)5-2/h8H,4-5,13H2,1-3H3. The van der Waals surface area contributed by atoms with Crippen LogP contribution < -0.4 is 5.73 Å². The summed E-state index contributed by atoms with van der Waals surface area (Å²) in [5.74, 6) is -0.599. The molecule has 0 radical (unpaired) electrons. The van der Waals surface area contributed by atoms with Gasteiger partial charge in [-0.1, -0.05) is 6.92 Å². The number of aromatic nitrogens is 2. The van der Waals surface area contributed by atoms with E-state index in [4.69, 9.17) is 15.7 Å². The Hall–Kier alpha value is -2.03. The Balaban J connectivity index is 3.00. The number of esters is 1. The van der Waals surface area contributed by atoms with Crippen molar-refractivity contribution >= 4 is 11.7 Å². The van der Waals surface area contributed by atoms with Crippen LogP contribution in [0.1, 0.15) is 36.5 Å². The third kappa shape index (κ3) is 2.56. The summed E-state index contributed by atoms with van der Waals surface area (Å²) in [4.78, 5) is 11.9. The van der Waals surface area contributed by atoms with Gasteiger partial charge in [0, 0.05) is 6.54 Å². The zero-order valence-electron chi connectivity index (χ0n) is 10.2. The highest BCUT2D eigenvalue weighted by Gasteiger charge is 2.22. The number of carbonyl (C=O) groups is 1. The Morgan fingerprint density at radius 3 is 2.76 bits per heavy atom. The highest BCUT2D eigenvalue weighted by Crippen LogP contribution is 2.18. The number of carbonyl (C=O) groups excluding carboxylic acids is 1. The maximum Gasteiger partial charge on any atom is 0.360 e. The normalized spacial score (nSPS) is 11.9. The van der Waals surface area contributed by atoms with Gasteiger partial charge in [0.05, 0.1) is 11.4 Å². The van der Waals surface area contributed by atoms with E-state index in [0.29, 0.717) is 24.3 Å². The maximum absolute atomic E-state index is 11.9. The number of nitriles is 1. The first-order valence-electron chi connectivity index (χ1n) is 5.48. The molecule has 2 N–H and O–H groups in total. The lowest BCUT2D eigenvalue weighted by molar-refractivity contribution is 0.0388. The van der Waals surface area contributed by atoms with Crippen LogP contribution in [0.3, 0.4) is 0 Å². The molecular formula is C11H16N4O2. The minimum Gasteiger partial charge on any atom is -0.442 e. The molecule has 0 saturated heterocycles. The lowest BCUT2D eigenvalue weighted by atomic mass is 10.3. The van der Waals surface area contributed by atoms with Crippen molar-refractivity contribution in [2.24, 2.45) is 0 Å². The Labute approximate surface area is 100.0 Å². The van der Waals surface area contributed by atoms with E-state index in [1.165, 1.54) is 4.68 Å². The molecule has 0 bridgehead atoms. The van der Waals surface area contributed by atoms with Crippen LogP contribution in [0.4, 0.5) is 5.69 Å². The van der Waals surface area contributed by atoms with E-state index < -0.39 is 12.1 Å². The third-order valence-corrected chi connectivity index (χ3v) is 2.43. The second-order valence-electron chi connectivity index (χ2n) is 3.59. The molecule has 0 amide bonds. The summed E-state index contributed by atoms with van der Waals surface area (Å²) >= 11 is 0. The monoisotopic (exact) mass is 236 g/mol. The number of hydrogen-bond donors (Lipinski definition) is 1. The molecule has 6 nitrogen and oxygen atoms in total. The number of nitrogens with zero attached hydrogens (tertiary/aromatic N) is 3. The first-order valence-corrected chi connectivity index (χ1v) is 5.48. The van der Waals surface area contributed by atoms with Gasteiger partial charge in [-0.15, -0.1) is 0 Å². The Kier molecular flexibility index (Phi) is 4.10. The van der Waals surface area contributed by atoms with E-state index in [-0.39, 0.29) is 5.69 Å². The summed E-state index contributed by atoms with van der Waals surface area (Å²) in [5, 5.41) is 12.9. The molecule has 0 saturated carbocycles. The van der Waals surface area contributed by atoms with Crippen LogP contribution in [0.5, 0.6) is 0 Å². The van der Waals surface area contributed by atoms with Crippen molar-refractivity contribution in [1.29, 1.82) is 5.26 Å². The van der Waals surface area contributed by atoms with E-state index in [9.17, 15) is 4.79 Å². The molecule has 0 aliphatic rings. The van der Waals surface area contributed by atoms with Crippen molar-refractivity contribution in [3.63, 3.8) is 0 Å². The Morgan fingerprint density at radius 2 is 2.29 bits per heavy atom. The zero-order valence-corrected chi connectivity index (χ0v) is 10.2. The molecule has 0 spiro atoms. The Bertz CT molecular complexity index is 459. The molecule has 17 heavy (non-hydrogen) atoms. The van der Waals surface area contributed by atoms with Crippen LogP contribution in [0.2, 0.25) is 0 Å². The van der Waals surface area contributed by atoms with Crippen LogP contribution in [0, 0.1) is 18.3 Å². The molecule has 0 aromatic carbocycles. The van der Waals surface area contributed by atoms with E-state index >= 15 is 0 Å². The van der Waals surface area contributed by atoms with E-state index in [1.54, 1.807) is 13.8 Å². The van der Waals surface area contributed by atoms with Gasteiger partial charge in [-0.3, -0.25) is 4.68 Å². The molecule has 6 heteroatoms. The Morgan fingerprint density at radius 1 is 1.65 bits per heavy atom. The van der Waals surface area contributed by atoms with Gasteiger partial charge >= 0.3 is 5.97 Å². The van der Waals surface area contributed by atoms with Gasteiger partial charge < -0.3 is 10.5 Å². The van der Waals surface area contributed by atoms with Crippen LogP contribution in [-0.2, 0) is 11.3 Å². The van der Waals surface area contributed by atoms with Crippen molar-refractivity contribution < 1.29 is 9.53 Å². The summed E-state index contributed by atoms with van der Waals surface area (Å²) in [6.45, 7) is 5.86. The maximum atomic E-state index is 11.9. The van der Waals surface area contributed by atoms with Crippen LogP contribution in [0.25, 0.3) is 0 Å². The van der Waals surface area contributed by atoms with Crippen LogP contribution in [-0.4, -0.2) is 21.9 Å². The van der Waals surface area contributed by atoms with E-state index in [1.807, 2.05) is 13.0 Å². The van der Waals surface area contributed by atoms with Gasteiger partial charge in [0.15, 0.2) is 11.8 Å². The van der Waals surface area contributed by atoms with E-state index in [2.05, 4.69) is 5.10 Å². The number of anilines is 1. The summed E-state index contributed by atoms with van der Waals surface area (Å²) in [5.41, 5.74) is 6.89. The number of ether oxygens (including phenoxy) is 1. The second-order valence-corrected chi connectivity index (χ2v) is 3.59. The number of hydrogen-bond acceptors (Lipinski definition) is 5. The van der Waals surface area contributed by atoms with Gasteiger partial charge in [-0.05, 0) is 20.3 Å². The predicted molar refractivity (Wildman–Crippen MR) is 62.2 cm³/mol. The first kappa shape index (κ1) is 13.0. The lowest BCUT2D eigenvalue weighted by Crippen LogP contribution is -2.20. The van der Waals surface area contributed by atoms with Crippen molar-refractivity contribution in [2.45, 2.75) is 39.8 Å². The molecule has 1 rings (SSSR count). The van der Waals surface area contributed by atoms with E-state index in [0.717, 1.165) is 0 Å².